The van der Waals surface area contributed by atoms with Crippen LogP contribution in [0.1, 0.15) is 72.1 Å². The Hall–Kier alpha value is -0.940. The van der Waals surface area contributed by atoms with Gasteiger partial charge in [0.2, 0.25) is 5.91 Å². The summed E-state index contributed by atoms with van der Waals surface area (Å²) in [5, 5.41) is 0. The Balaban J connectivity index is 0.00000114. The fraction of sp³-hybridized carbons (Fsp3) is 0.909. The van der Waals surface area contributed by atoms with Crippen LogP contribution in [-0.2, 0) is 9.59 Å². The smallest absolute Gasteiger partial charge is 0.223 e. The Morgan fingerprint density at radius 2 is 1.48 bits per heavy atom. The minimum absolute atomic E-state index is 0.174. The van der Waals surface area contributed by atoms with Crippen LogP contribution >= 0.6 is 0 Å². The SMILES string of the molecule is CCC.CCC(=O)CCC(=O)N1CCC(CCCN2CCN(C)CC2)CC1. The topological polar surface area (TPSA) is 43.9 Å². The lowest BCUT2D eigenvalue weighted by molar-refractivity contribution is -0.134. The molecule has 2 saturated heterocycles. The Kier molecular flexibility index (Phi) is 12.6. The lowest BCUT2D eigenvalue weighted by Gasteiger charge is -2.34. The Morgan fingerprint density at radius 1 is 0.889 bits per heavy atom. The van der Waals surface area contributed by atoms with E-state index in [1.165, 1.54) is 52.0 Å². The molecule has 5 heteroatoms. The van der Waals surface area contributed by atoms with Gasteiger partial charge in [-0.05, 0) is 45.2 Å². The summed E-state index contributed by atoms with van der Waals surface area (Å²) in [6, 6.07) is 0. The first-order valence-corrected chi connectivity index (χ1v) is 11.2. The van der Waals surface area contributed by atoms with E-state index in [4.69, 9.17) is 0 Å². The van der Waals surface area contributed by atoms with Crippen LogP contribution in [-0.4, -0.2) is 79.3 Å². The Morgan fingerprint density at radius 3 is 2.04 bits per heavy atom. The second kappa shape index (κ2) is 14.1. The number of piperazine rings is 1. The number of likely N-dealkylation sites (tertiary alicyclic amines) is 1. The van der Waals surface area contributed by atoms with Crippen molar-refractivity contribution in [3.05, 3.63) is 0 Å². The molecule has 0 aromatic carbocycles. The molecule has 0 bridgehead atoms. The summed E-state index contributed by atoms with van der Waals surface area (Å²) in [5.74, 6) is 1.15. The highest BCUT2D eigenvalue weighted by Crippen LogP contribution is 2.23. The van der Waals surface area contributed by atoms with E-state index in [1.807, 2.05) is 11.8 Å². The second-order valence-electron chi connectivity index (χ2n) is 8.21. The zero-order valence-electron chi connectivity index (χ0n) is 18.3. The molecular formula is C22H43N3O2. The summed E-state index contributed by atoms with van der Waals surface area (Å²) in [4.78, 5) is 30.4. The van der Waals surface area contributed by atoms with E-state index in [0.29, 0.717) is 19.3 Å². The molecule has 0 radical (unpaired) electrons. The van der Waals surface area contributed by atoms with Gasteiger partial charge in [-0.15, -0.1) is 0 Å². The van der Waals surface area contributed by atoms with Crippen molar-refractivity contribution in [2.24, 2.45) is 5.92 Å². The number of rotatable bonds is 8. The quantitative estimate of drug-likeness (QED) is 0.646. The molecule has 2 fully saturated rings. The van der Waals surface area contributed by atoms with Crippen molar-refractivity contribution in [1.82, 2.24) is 14.7 Å². The monoisotopic (exact) mass is 381 g/mol. The summed E-state index contributed by atoms with van der Waals surface area (Å²) >= 11 is 0. The first kappa shape index (κ1) is 24.1. The molecule has 0 N–H and O–H groups in total. The number of carbonyl (C=O) groups is 2. The third-order valence-corrected chi connectivity index (χ3v) is 5.66. The van der Waals surface area contributed by atoms with Gasteiger partial charge in [-0.25, -0.2) is 0 Å². The maximum Gasteiger partial charge on any atom is 0.223 e. The van der Waals surface area contributed by atoms with Crippen molar-refractivity contribution < 1.29 is 9.59 Å². The molecule has 0 aliphatic carbocycles. The average molecular weight is 382 g/mol. The van der Waals surface area contributed by atoms with Gasteiger partial charge < -0.3 is 14.7 Å². The molecule has 0 atom stereocenters. The molecule has 2 aliphatic heterocycles. The lowest BCUT2D eigenvalue weighted by Crippen LogP contribution is -2.44. The molecule has 5 nitrogen and oxygen atoms in total. The fourth-order valence-electron chi connectivity index (χ4n) is 3.73. The number of carbonyl (C=O) groups excluding carboxylic acids is 2. The van der Waals surface area contributed by atoms with Crippen LogP contribution < -0.4 is 0 Å². The summed E-state index contributed by atoms with van der Waals surface area (Å²) < 4.78 is 0. The summed E-state index contributed by atoms with van der Waals surface area (Å²) in [7, 11) is 2.20. The minimum atomic E-state index is 0.174. The van der Waals surface area contributed by atoms with Crippen LogP contribution in [0.4, 0.5) is 0 Å². The summed E-state index contributed by atoms with van der Waals surface area (Å²) in [5.41, 5.74) is 0. The number of hydrogen-bond acceptors (Lipinski definition) is 4. The standard InChI is InChI=1S/C19H35N3O2.C3H8/c1-3-18(23)6-7-19(24)22-11-8-17(9-12-22)5-4-10-21-15-13-20(2)14-16-21;1-3-2/h17H,3-16H2,1-2H3;3H2,1-2H3. The molecule has 2 rings (SSSR count). The molecule has 0 aromatic heterocycles. The number of amides is 1. The van der Waals surface area contributed by atoms with Crippen molar-refractivity contribution >= 4 is 11.7 Å². The van der Waals surface area contributed by atoms with Crippen LogP contribution in [0.3, 0.4) is 0 Å². The largest absolute Gasteiger partial charge is 0.343 e. The first-order chi connectivity index (χ1) is 13.0. The maximum atomic E-state index is 12.1. The van der Waals surface area contributed by atoms with Gasteiger partial charge in [0.1, 0.15) is 5.78 Å². The highest BCUT2D eigenvalue weighted by Gasteiger charge is 2.23. The number of piperidine rings is 1. The van der Waals surface area contributed by atoms with Crippen LogP contribution in [0.5, 0.6) is 0 Å². The van der Waals surface area contributed by atoms with Crippen molar-refractivity contribution in [2.75, 3.05) is 52.9 Å². The number of Topliss-reactive ketones (excluding diaryl/α,β-unsaturated/α-hetero) is 1. The molecule has 27 heavy (non-hydrogen) atoms. The first-order valence-electron chi connectivity index (χ1n) is 11.2. The second-order valence-corrected chi connectivity index (χ2v) is 8.21. The van der Waals surface area contributed by atoms with E-state index in [2.05, 4.69) is 30.7 Å². The van der Waals surface area contributed by atoms with Crippen molar-refractivity contribution in [3.63, 3.8) is 0 Å². The summed E-state index contributed by atoms with van der Waals surface area (Å²) in [6.07, 6.45) is 7.46. The number of ketones is 1. The number of likely N-dealkylation sites (N-methyl/N-ethyl adjacent to an activating group) is 1. The van der Waals surface area contributed by atoms with Gasteiger partial charge in [0.05, 0.1) is 0 Å². The molecular weight excluding hydrogens is 338 g/mol. The third-order valence-electron chi connectivity index (χ3n) is 5.66. The van der Waals surface area contributed by atoms with E-state index in [1.54, 1.807) is 0 Å². The zero-order valence-corrected chi connectivity index (χ0v) is 18.3. The molecule has 0 aromatic rings. The minimum Gasteiger partial charge on any atom is -0.343 e. The average Bonchev–Trinajstić information content (AvgIpc) is 2.68. The fourth-order valence-corrected chi connectivity index (χ4v) is 3.73. The van der Waals surface area contributed by atoms with Gasteiger partial charge in [-0.2, -0.15) is 0 Å². The van der Waals surface area contributed by atoms with Gasteiger partial charge in [0.25, 0.3) is 0 Å². The van der Waals surface area contributed by atoms with E-state index in [0.717, 1.165) is 31.8 Å². The molecule has 2 heterocycles. The third kappa shape index (κ3) is 10.2. The Bertz CT molecular complexity index is 412. The van der Waals surface area contributed by atoms with E-state index >= 15 is 0 Å². The van der Waals surface area contributed by atoms with Gasteiger partial charge in [0, 0.05) is 58.5 Å². The molecule has 0 spiro atoms. The highest BCUT2D eigenvalue weighted by atomic mass is 16.2. The molecule has 158 valence electrons. The Labute approximate surface area is 167 Å². The van der Waals surface area contributed by atoms with Crippen molar-refractivity contribution in [3.8, 4) is 0 Å². The van der Waals surface area contributed by atoms with Gasteiger partial charge in [0.15, 0.2) is 0 Å². The number of hydrogen-bond donors (Lipinski definition) is 0. The summed E-state index contributed by atoms with van der Waals surface area (Å²) in [6.45, 7) is 13.9. The van der Waals surface area contributed by atoms with Crippen molar-refractivity contribution in [1.29, 1.82) is 0 Å². The predicted octanol–water partition coefficient (Wildman–Crippen LogP) is 3.43. The van der Waals surface area contributed by atoms with Crippen LogP contribution in [0.2, 0.25) is 0 Å². The normalized spacial score (nSPS) is 19.5. The molecule has 0 saturated carbocycles. The molecule has 1 amide bonds. The molecule has 0 unspecified atom stereocenters. The molecule has 2 aliphatic rings. The lowest BCUT2D eigenvalue weighted by atomic mass is 9.92. The van der Waals surface area contributed by atoms with Gasteiger partial charge >= 0.3 is 0 Å². The highest BCUT2D eigenvalue weighted by molar-refractivity contribution is 5.84. The zero-order chi connectivity index (χ0) is 20.1. The van der Waals surface area contributed by atoms with Crippen LogP contribution in [0, 0.1) is 5.92 Å². The van der Waals surface area contributed by atoms with Crippen LogP contribution in [0.25, 0.3) is 0 Å². The van der Waals surface area contributed by atoms with Crippen LogP contribution in [0.15, 0.2) is 0 Å². The maximum absolute atomic E-state index is 12.1. The van der Waals surface area contributed by atoms with E-state index in [-0.39, 0.29) is 11.7 Å². The van der Waals surface area contributed by atoms with E-state index in [9.17, 15) is 9.59 Å². The number of nitrogens with zero attached hydrogens (tertiary/aromatic N) is 3. The van der Waals surface area contributed by atoms with E-state index < -0.39 is 0 Å². The predicted molar refractivity (Wildman–Crippen MR) is 113 cm³/mol. The van der Waals surface area contributed by atoms with Crippen molar-refractivity contribution in [2.45, 2.75) is 72.1 Å². The van der Waals surface area contributed by atoms with Gasteiger partial charge in [-0.1, -0.05) is 27.2 Å². The van der Waals surface area contributed by atoms with Gasteiger partial charge in [-0.3, -0.25) is 9.59 Å².